The molecule has 0 saturated heterocycles. The van der Waals surface area contributed by atoms with E-state index in [0.29, 0.717) is 12.0 Å². The molecule has 2 rings (SSSR count). The second-order valence-corrected chi connectivity index (χ2v) is 7.79. The Morgan fingerprint density at radius 1 is 1.04 bits per heavy atom. The Morgan fingerprint density at radius 2 is 1.71 bits per heavy atom. The first-order valence-electron chi connectivity index (χ1n) is 6.98. The molecule has 0 fully saturated rings. The molecule has 0 unspecified atom stereocenters. The molecule has 7 heteroatoms. The molecular formula is C17H14Br3NO3. The van der Waals surface area contributed by atoms with Crippen LogP contribution in [0.2, 0.25) is 0 Å². The quantitative estimate of drug-likeness (QED) is 0.592. The van der Waals surface area contributed by atoms with Crippen molar-refractivity contribution in [2.45, 2.75) is 12.5 Å². The number of methoxy groups -OCH3 is 1. The summed E-state index contributed by atoms with van der Waals surface area (Å²) in [5.41, 5.74) is 1.36. The third-order valence-corrected chi connectivity index (χ3v) is 4.65. The third-order valence-electron chi connectivity index (χ3n) is 3.24. The van der Waals surface area contributed by atoms with Crippen LogP contribution in [0, 0.1) is 0 Å². The van der Waals surface area contributed by atoms with Crippen LogP contribution in [0.3, 0.4) is 0 Å². The van der Waals surface area contributed by atoms with E-state index in [2.05, 4.69) is 53.1 Å². The van der Waals surface area contributed by atoms with E-state index in [9.17, 15) is 9.59 Å². The van der Waals surface area contributed by atoms with Crippen molar-refractivity contribution in [2.24, 2.45) is 0 Å². The number of hydrogen-bond donors (Lipinski definition) is 1. The number of ether oxygens (including phenoxy) is 1. The number of carbonyl (C=O) groups is 2. The van der Waals surface area contributed by atoms with Crippen molar-refractivity contribution in [2.75, 3.05) is 7.11 Å². The first-order valence-corrected chi connectivity index (χ1v) is 9.36. The van der Waals surface area contributed by atoms with Crippen molar-refractivity contribution in [1.82, 2.24) is 5.32 Å². The minimum Gasteiger partial charge on any atom is -0.467 e. The summed E-state index contributed by atoms with van der Waals surface area (Å²) < 4.78 is 7.26. The van der Waals surface area contributed by atoms with Crippen LogP contribution in [-0.2, 0) is 16.0 Å². The van der Waals surface area contributed by atoms with Crippen molar-refractivity contribution in [3.63, 3.8) is 0 Å². The Morgan fingerprint density at radius 3 is 2.29 bits per heavy atom. The molecule has 126 valence electrons. The Labute approximate surface area is 165 Å². The summed E-state index contributed by atoms with van der Waals surface area (Å²) in [6, 6.07) is 12.0. The van der Waals surface area contributed by atoms with Crippen LogP contribution in [0.1, 0.15) is 15.9 Å². The molecule has 0 bridgehead atoms. The molecule has 0 radical (unpaired) electrons. The topological polar surface area (TPSA) is 55.4 Å². The van der Waals surface area contributed by atoms with Gasteiger partial charge < -0.3 is 10.1 Å². The zero-order chi connectivity index (χ0) is 17.7. The average molecular weight is 520 g/mol. The highest BCUT2D eigenvalue weighted by Crippen LogP contribution is 2.20. The van der Waals surface area contributed by atoms with Gasteiger partial charge in [-0.05, 0) is 35.9 Å². The zero-order valence-electron chi connectivity index (χ0n) is 12.7. The van der Waals surface area contributed by atoms with Gasteiger partial charge in [-0.25, -0.2) is 4.79 Å². The Kier molecular flexibility index (Phi) is 7.01. The first-order chi connectivity index (χ1) is 11.4. The molecule has 0 spiro atoms. The maximum Gasteiger partial charge on any atom is 0.328 e. The van der Waals surface area contributed by atoms with Crippen molar-refractivity contribution in [3.05, 3.63) is 67.0 Å². The number of carbonyl (C=O) groups excluding carboxylic acids is 2. The summed E-state index contributed by atoms with van der Waals surface area (Å²) in [5.74, 6) is -0.834. The lowest BCUT2D eigenvalue weighted by Crippen LogP contribution is -2.43. The number of rotatable bonds is 5. The van der Waals surface area contributed by atoms with Crippen LogP contribution in [-0.4, -0.2) is 25.0 Å². The summed E-state index contributed by atoms with van der Waals surface area (Å²) >= 11 is 10.1. The van der Waals surface area contributed by atoms with E-state index in [1.807, 2.05) is 30.3 Å². The van der Waals surface area contributed by atoms with Gasteiger partial charge in [0.2, 0.25) is 0 Å². The highest BCUT2D eigenvalue weighted by molar-refractivity contribution is 9.11. The molecule has 2 aromatic carbocycles. The third kappa shape index (κ3) is 5.43. The largest absolute Gasteiger partial charge is 0.467 e. The molecule has 0 aliphatic heterocycles. The summed E-state index contributed by atoms with van der Waals surface area (Å²) in [6.07, 6.45) is 0.340. The van der Waals surface area contributed by atoms with Gasteiger partial charge in [0.05, 0.1) is 7.11 Å². The fraction of sp³-hybridized carbons (Fsp3) is 0.176. The first kappa shape index (κ1) is 19.1. The second kappa shape index (κ2) is 8.78. The van der Waals surface area contributed by atoms with Crippen molar-refractivity contribution in [3.8, 4) is 0 Å². The molecule has 0 aliphatic carbocycles. The zero-order valence-corrected chi connectivity index (χ0v) is 17.4. The fourth-order valence-electron chi connectivity index (χ4n) is 2.16. The molecule has 1 atom stereocenters. The molecule has 24 heavy (non-hydrogen) atoms. The lowest BCUT2D eigenvalue weighted by atomic mass is 10.1. The van der Waals surface area contributed by atoms with Crippen molar-refractivity contribution in [1.29, 1.82) is 0 Å². The van der Waals surface area contributed by atoms with Crippen LogP contribution < -0.4 is 5.32 Å². The molecular weight excluding hydrogens is 506 g/mol. The van der Waals surface area contributed by atoms with Crippen LogP contribution >= 0.6 is 47.8 Å². The molecule has 0 heterocycles. The van der Waals surface area contributed by atoms with Crippen molar-refractivity contribution < 1.29 is 14.3 Å². The number of esters is 1. The maximum atomic E-state index is 12.5. The Balaban J connectivity index is 2.19. The molecule has 2 aromatic rings. The van der Waals surface area contributed by atoms with E-state index in [4.69, 9.17) is 4.74 Å². The number of benzene rings is 2. The van der Waals surface area contributed by atoms with Gasteiger partial charge in [-0.3, -0.25) is 4.79 Å². The number of hydrogen-bond acceptors (Lipinski definition) is 3. The SMILES string of the molecule is COC(=O)[C@@H](Cc1cccc(Br)c1)NC(=O)c1cc(Br)cc(Br)c1. The maximum absolute atomic E-state index is 12.5. The van der Waals surface area contributed by atoms with Gasteiger partial charge in [-0.15, -0.1) is 0 Å². The minimum absolute atomic E-state index is 0.340. The van der Waals surface area contributed by atoms with E-state index in [1.54, 1.807) is 12.1 Å². The van der Waals surface area contributed by atoms with Gasteiger partial charge in [0.1, 0.15) is 6.04 Å². The van der Waals surface area contributed by atoms with Gasteiger partial charge in [0.25, 0.3) is 5.91 Å². The fourth-order valence-corrected chi connectivity index (χ4v) is 3.90. The van der Waals surface area contributed by atoms with Crippen LogP contribution in [0.5, 0.6) is 0 Å². The van der Waals surface area contributed by atoms with Gasteiger partial charge in [0.15, 0.2) is 0 Å². The Bertz CT molecular complexity index is 744. The van der Waals surface area contributed by atoms with Crippen LogP contribution in [0.25, 0.3) is 0 Å². The van der Waals surface area contributed by atoms with Crippen LogP contribution in [0.4, 0.5) is 0 Å². The normalized spacial score (nSPS) is 11.7. The number of halogens is 3. The average Bonchev–Trinajstić information content (AvgIpc) is 2.52. The smallest absolute Gasteiger partial charge is 0.328 e. The predicted molar refractivity (Wildman–Crippen MR) is 103 cm³/mol. The van der Waals surface area contributed by atoms with Gasteiger partial charge in [-0.2, -0.15) is 0 Å². The summed E-state index contributed by atoms with van der Waals surface area (Å²) in [6.45, 7) is 0. The predicted octanol–water partition coefficient (Wildman–Crippen LogP) is 4.49. The monoisotopic (exact) mass is 517 g/mol. The van der Waals surface area contributed by atoms with Crippen LogP contribution in [0.15, 0.2) is 55.9 Å². The van der Waals surface area contributed by atoms with E-state index in [1.165, 1.54) is 7.11 Å². The summed E-state index contributed by atoms with van der Waals surface area (Å²) in [7, 11) is 1.30. The minimum atomic E-state index is -0.769. The Hall–Kier alpha value is -1.18. The molecule has 0 aliphatic rings. The standard InChI is InChI=1S/C17H14Br3NO3/c1-24-17(23)15(6-10-3-2-4-12(18)5-10)21-16(22)11-7-13(19)9-14(20)8-11/h2-5,7-9,15H,6H2,1H3,(H,21,22)/t15-/m1/s1. The number of amides is 1. The lowest BCUT2D eigenvalue weighted by molar-refractivity contribution is -0.142. The summed E-state index contributed by atoms with van der Waals surface area (Å²) in [4.78, 5) is 24.5. The van der Waals surface area contributed by atoms with E-state index in [0.717, 1.165) is 19.0 Å². The van der Waals surface area contributed by atoms with E-state index in [-0.39, 0.29) is 5.91 Å². The highest BCUT2D eigenvalue weighted by atomic mass is 79.9. The van der Waals surface area contributed by atoms with Crippen molar-refractivity contribution >= 4 is 59.7 Å². The highest BCUT2D eigenvalue weighted by Gasteiger charge is 2.23. The molecule has 1 N–H and O–H groups in total. The number of nitrogens with one attached hydrogen (secondary N) is 1. The van der Waals surface area contributed by atoms with E-state index < -0.39 is 12.0 Å². The lowest BCUT2D eigenvalue weighted by Gasteiger charge is -2.17. The molecule has 4 nitrogen and oxygen atoms in total. The second-order valence-electron chi connectivity index (χ2n) is 5.04. The molecule has 0 aromatic heterocycles. The van der Waals surface area contributed by atoms with Gasteiger partial charge in [-0.1, -0.05) is 59.9 Å². The molecule has 1 amide bonds. The molecule has 0 saturated carbocycles. The van der Waals surface area contributed by atoms with E-state index >= 15 is 0 Å². The van der Waals surface area contributed by atoms with Gasteiger partial charge >= 0.3 is 5.97 Å². The van der Waals surface area contributed by atoms with Gasteiger partial charge in [0, 0.05) is 25.4 Å². The summed E-state index contributed by atoms with van der Waals surface area (Å²) in [5, 5.41) is 2.74.